The molecular weight excluding hydrogens is 250 g/mol. The monoisotopic (exact) mass is 265 g/mol. The van der Waals surface area contributed by atoms with E-state index in [1.807, 2.05) is 12.3 Å². The summed E-state index contributed by atoms with van der Waals surface area (Å²) in [6.45, 7) is 0.508. The number of furan rings is 1. The summed E-state index contributed by atoms with van der Waals surface area (Å²) < 4.78 is 5.49. The Hall–Kier alpha value is -1.69. The number of hydrogen-bond donors (Lipinski definition) is 1. The van der Waals surface area contributed by atoms with Gasteiger partial charge in [-0.1, -0.05) is 0 Å². The highest BCUT2D eigenvalue weighted by molar-refractivity contribution is 7.97. The molecule has 0 bridgehead atoms. The lowest BCUT2D eigenvalue weighted by Crippen LogP contribution is -2.25. The summed E-state index contributed by atoms with van der Waals surface area (Å²) in [7, 11) is 1.74. The van der Waals surface area contributed by atoms with Crippen molar-refractivity contribution in [1.82, 2.24) is 15.1 Å². The van der Waals surface area contributed by atoms with Crippen LogP contribution in [0.25, 0.3) is 0 Å². The SMILES string of the molecule is CSCc1ccc(C(=O)N(C)Cc2cn[nH]c2)o1. The molecular formula is C12H15N3O2S. The standard InChI is InChI=1S/C12H15N3O2S/c1-15(7-9-5-13-14-6-9)12(16)11-4-3-10(17-11)8-18-2/h3-6H,7-8H2,1-2H3,(H,13,14). The molecule has 0 radical (unpaired) electrons. The van der Waals surface area contributed by atoms with Gasteiger partial charge in [-0.05, 0) is 18.4 Å². The molecule has 0 saturated carbocycles. The van der Waals surface area contributed by atoms with Crippen LogP contribution in [0.5, 0.6) is 0 Å². The third-order valence-corrected chi connectivity index (χ3v) is 3.05. The first kappa shape index (κ1) is 12.8. The molecule has 0 saturated heterocycles. The number of nitrogens with zero attached hydrogens (tertiary/aromatic N) is 2. The second kappa shape index (κ2) is 5.77. The third-order valence-electron chi connectivity index (χ3n) is 2.48. The van der Waals surface area contributed by atoms with Crippen molar-refractivity contribution < 1.29 is 9.21 Å². The summed E-state index contributed by atoms with van der Waals surface area (Å²) in [5, 5.41) is 6.57. The fourth-order valence-electron chi connectivity index (χ4n) is 1.61. The Morgan fingerprint density at radius 1 is 1.56 bits per heavy atom. The molecule has 6 heteroatoms. The van der Waals surface area contributed by atoms with E-state index in [0.29, 0.717) is 12.3 Å². The van der Waals surface area contributed by atoms with Gasteiger partial charge in [-0.15, -0.1) is 0 Å². The van der Waals surface area contributed by atoms with Crippen molar-refractivity contribution in [2.24, 2.45) is 0 Å². The summed E-state index contributed by atoms with van der Waals surface area (Å²) in [5.74, 6) is 1.86. The van der Waals surface area contributed by atoms with Crippen LogP contribution in [-0.4, -0.2) is 34.3 Å². The molecule has 0 aliphatic carbocycles. The molecule has 0 spiro atoms. The number of carbonyl (C=O) groups is 1. The van der Waals surface area contributed by atoms with E-state index in [1.54, 1.807) is 42.2 Å². The lowest BCUT2D eigenvalue weighted by atomic mass is 10.3. The van der Waals surface area contributed by atoms with E-state index in [0.717, 1.165) is 17.1 Å². The van der Waals surface area contributed by atoms with Gasteiger partial charge in [-0.2, -0.15) is 16.9 Å². The van der Waals surface area contributed by atoms with Crippen LogP contribution >= 0.6 is 11.8 Å². The number of H-pyrrole nitrogens is 1. The van der Waals surface area contributed by atoms with Crippen LogP contribution in [0.15, 0.2) is 28.9 Å². The zero-order valence-corrected chi connectivity index (χ0v) is 11.2. The van der Waals surface area contributed by atoms with Crippen molar-refractivity contribution in [3.8, 4) is 0 Å². The fourth-order valence-corrected chi connectivity index (χ4v) is 2.05. The number of aromatic amines is 1. The maximum Gasteiger partial charge on any atom is 0.289 e. The van der Waals surface area contributed by atoms with E-state index in [4.69, 9.17) is 4.42 Å². The minimum absolute atomic E-state index is 0.122. The van der Waals surface area contributed by atoms with Crippen molar-refractivity contribution in [3.05, 3.63) is 41.6 Å². The summed E-state index contributed by atoms with van der Waals surface area (Å²) in [5.41, 5.74) is 0.960. The summed E-state index contributed by atoms with van der Waals surface area (Å²) in [6.07, 6.45) is 5.46. The zero-order valence-electron chi connectivity index (χ0n) is 10.3. The molecule has 2 aromatic rings. The number of aromatic nitrogens is 2. The Balaban J connectivity index is 2.01. The van der Waals surface area contributed by atoms with Gasteiger partial charge < -0.3 is 9.32 Å². The molecule has 0 aliphatic heterocycles. The molecule has 0 atom stereocenters. The van der Waals surface area contributed by atoms with Crippen molar-refractivity contribution in [2.45, 2.75) is 12.3 Å². The molecule has 0 aromatic carbocycles. The molecule has 1 N–H and O–H groups in total. The predicted octanol–water partition coefficient (Wildman–Crippen LogP) is 2.14. The van der Waals surface area contributed by atoms with Crippen molar-refractivity contribution in [1.29, 1.82) is 0 Å². The van der Waals surface area contributed by atoms with E-state index in [2.05, 4.69) is 10.2 Å². The van der Waals surface area contributed by atoms with Crippen LogP contribution in [0.1, 0.15) is 21.9 Å². The van der Waals surface area contributed by atoms with Crippen LogP contribution in [0.4, 0.5) is 0 Å². The molecule has 2 aromatic heterocycles. The number of thioether (sulfide) groups is 1. The van der Waals surface area contributed by atoms with E-state index >= 15 is 0 Å². The normalized spacial score (nSPS) is 10.6. The molecule has 0 aliphatic rings. The Morgan fingerprint density at radius 2 is 2.39 bits per heavy atom. The minimum atomic E-state index is -0.122. The number of amides is 1. The lowest BCUT2D eigenvalue weighted by Gasteiger charge is -2.14. The van der Waals surface area contributed by atoms with Gasteiger partial charge in [0.05, 0.1) is 11.9 Å². The number of nitrogens with one attached hydrogen (secondary N) is 1. The maximum absolute atomic E-state index is 12.1. The summed E-state index contributed by atoms with van der Waals surface area (Å²) >= 11 is 1.66. The van der Waals surface area contributed by atoms with Crippen LogP contribution in [-0.2, 0) is 12.3 Å². The van der Waals surface area contributed by atoms with Crippen LogP contribution < -0.4 is 0 Å². The highest BCUT2D eigenvalue weighted by Crippen LogP contribution is 2.15. The second-order valence-corrected chi connectivity index (χ2v) is 4.83. The van der Waals surface area contributed by atoms with Crippen molar-refractivity contribution in [3.63, 3.8) is 0 Å². The third kappa shape index (κ3) is 2.95. The van der Waals surface area contributed by atoms with Gasteiger partial charge in [0.25, 0.3) is 5.91 Å². The summed E-state index contributed by atoms with van der Waals surface area (Å²) in [6, 6.07) is 3.56. The van der Waals surface area contributed by atoms with E-state index < -0.39 is 0 Å². The quantitative estimate of drug-likeness (QED) is 0.899. The highest BCUT2D eigenvalue weighted by Gasteiger charge is 2.16. The fraction of sp³-hybridized carbons (Fsp3) is 0.333. The average Bonchev–Trinajstić information content (AvgIpc) is 3.00. The zero-order chi connectivity index (χ0) is 13.0. The molecule has 0 unspecified atom stereocenters. The number of hydrogen-bond acceptors (Lipinski definition) is 4. The van der Waals surface area contributed by atoms with Gasteiger partial charge in [0.15, 0.2) is 5.76 Å². The molecule has 96 valence electrons. The average molecular weight is 265 g/mol. The highest BCUT2D eigenvalue weighted by atomic mass is 32.2. The predicted molar refractivity (Wildman–Crippen MR) is 70.3 cm³/mol. The Bertz CT molecular complexity index is 507. The summed E-state index contributed by atoms with van der Waals surface area (Å²) in [4.78, 5) is 13.7. The van der Waals surface area contributed by atoms with E-state index in [-0.39, 0.29) is 5.91 Å². The molecule has 18 heavy (non-hydrogen) atoms. The Labute approximate surface area is 110 Å². The molecule has 2 rings (SSSR count). The van der Waals surface area contributed by atoms with E-state index in [1.165, 1.54) is 0 Å². The van der Waals surface area contributed by atoms with Gasteiger partial charge in [0, 0.05) is 25.4 Å². The van der Waals surface area contributed by atoms with Gasteiger partial charge in [0.2, 0.25) is 0 Å². The smallest absolute Gasteiger partial charge is 0.289 e. The Morgan fingerprint density at radius 3 is 3.06 bits per heavy atom. The van der Waals surface area contributed by atoms with Gasteiger partial charge in [0.1, 0.15) is 5.76 Å². The van der Waals surface area contributed by atoms with Gasteiger partial charge in [-0.3, -0.25) is 9.89 Å². The molecule has 1 amide bonds. The van der Waals surface area contributed by atoms with E-state index in [9.17, 15) is 4.79 Å². The first-order chi connectivity index (χ1) is 8.70. The van der Waals surface area contributed by atoms with Crippen molar-refractivity contribution in [2.75, 3.05) is 13.3 Å². The Kier molecular flexibility index (Phi) is 4.09. The number of carbonyl (C=O) groups excluding carboxylic acids is 1. The largest absolute Gasteiger partial charge is 0.455 e. The van der Waals surface area contributed by atoms with Gasteiger partial charge >= 0.3 is 0 Å². The lowest BCUT2D eigenvalue weighted by molar-refractivity contribution is 0.0752. The molecule has 5 nitrogen and oxygen atoms in total. The van der Waals surface area contributed by atoms with Crippen LogP contribution in [0, 0.1) is 0 Å². The first-order valence-electron chi connectivity index (χ1n) is 5.51. The van der Waals surface area contributed by atoms with Crippen LogP contribution in [0.2, 0.25) is 0 Å². The first-order valence-corrected chi connectivity index (χ1v) is 6.91. The minimum Gasteiger partial charge on any atom is -0.455 e. The van der Waals surface area contributed by atoms with Crippen molar-refractivity contribution >= 4 is 17.7 Å². The second-order valence-electron chi connectivity index (χ2n) is 3.97. The topological polar surface area (TPSA) is 62.1 Å². The number of rotatable bonds is 5. The maximum atomic E-state index is 12.1. The molecule has 2 heterocycles. The van der Waals surface area contributed by atoms with Gasteiger partial charge in [-0.25, -0.2) is 0 Å². The molecule has 0 fully saturated rings. The van der Waals surface area contributed by atoms with Crippen LogP contribution in [0.3, 0.4) is 0 Å².